The fraction of sp³-hybridized carbons (Fsp3) is 0.333. The van der Waals surface area contributed by atoms with Crippen LogP contribution in [0.5, 0.6) is 0 Å². The summed E-state index contributed by atoms with van der Waals surface area (Å²) in [4.78, 5) is 0.301. The molecule has 6 heteroatoms. The number of rotatable bonds is 1. The van der Waals surface area contributed by atoms with Crippen LogP contribution in [0, 0.1) is 0 Å². The van der Waals surface area contributed by atoms with Gasteiger partial charge in [0.15, 0.2) is 9.84 Å². The van der Waals surface area contributed by atoms with Crippen molar-refractivity contribution in [2.45, 2.75) is 10.9 Å². The number of aliphatic hydroxyl groups excluding tert-OH is 1. The van der Waals surface area contributed by atoms with Crippen LogP contribution >= 0.6 is 15.9 Å². The zero-order valence-electron chi connectivity index (χ0n) is 7.77. The van der Waals surface area contributed by atoms with Gasteiger partial charge < -0.3 is 10.4 Å². The third-order valence-electron chi connectivity index (χ3n) is 2.28. The van der Waals surface area contributed by atoms with Crippen LogP contribution in [0.4, 0.5) is 5.69 Å². The molecule has 1 atom stereocenters. The van der Waals surface area contributed by atoms with Crippen molar-refractivity contribution in [3.8, 4) is 0 Å². The predicted molar refractivity (Wildman–Crippen MR) is 60.7 cm³/mol. The highest BCUT2D eigenvalue weighted by molar-refractivity contribution is 9.10. The van der Waals surface area contributed by atoms with Gasteiger partial charge in [-0.2, -0.15) is 0 Å². The summed E-state index contributed by atoms with van der Waals surface area (Å²) in [5.41, 5.74) is 0.551. The van der Waals surface area contributed by atoms with E-state index in [9.17, 15) is 8.42 Å². The minimum absolute atomic E-state index is 0.0574. The maximum Gasteiger partial charge on any atom is 0.182 e. The number of fused-ring (bicyclic) bond motifs is 1. The minimum atomic E-state index is -3.26. The number of nitrogens with one attached hydrogen (secondary N) is 1. The zero-order valence-corrected chi connectivity index (χ0v) is 10.2. The van der Waals surface area contributed by atoms with E-state index in [1.54, 1.807) is 18.2 Å². The van der Waals surface area contributed by atoms with Gasteiger partial charge in [-0.25, -0.2) is 8.42 Å². The molecule has 1 aromatic rings. The average Bonchev–Trinajstić information content (AvgIpc) is 2.15. The first-order chi connectivity index (χ1) is 7.03. The highest BCUT2D eigenvalue weighted by Gasteiger charge is 2.29. The molecule has 1 unspecified atom stereocenters. The van der Waals surface area contributed by atoms with Gasteiger partial charge in [0, 0.05) is 4.47 Å². The number of anilines is 1. The van der Waals surface area contributed by atoms with Crippen LogP contribution in [-0.2, 0) is 9.84 Å². The molecule has 0 aliphatic carbocycles. The van der Waals surface area contributed by atoms with Crippen molar-refractivity contribution in [3.63, 3.8) is 0 Å². The van der Waals surface area contributed by atoms with Crippen LogP contribution < -0.4 is 5.32 Å². The van der Waals surface area contributed by atoms with Crippen molar-refractivity contribution in [1.82, 2.24) is 0 Å². The summed E-state index contributed by atoms with van der Waals surface area (Å²) in [6.45, 7) is -0.189. The predicted octanol–water partition coefficient (Wildman–Crippen LogP) is 1.01. The molecule has 4 nitrogen and oxygen atoms in total. The van der Waals surface area contributed by atoms with Crippen LogP contribution in [-0.4, -0.2) is 31.9 Å². The number of hydrogen-bond donors (Lipinski definition) is 2. The first kappa shape index (κ1) is 10.9. The average molecular weight is 292 g/mol. The Morgan fingerprint density at radius 3 is 2.93 bits per heavy atom. The summed E-state index contributed by atoms with van der Waals surface area (Å²) in [5, 5.41) is 12.0. The molecule has 0 bridgehead atoms. The van der Waals surface area contributed by atoms with Gasteiger partial charge in [0.05, 0.1) is 29.0 Å². The first-order valence-corrected chi connectivity index (χ1v) is 6.87. The van der Waals surface area contributed by atoms with Crippen molar-refractivity contribution < 1.29 is 13.5 Å². The summed E-state index contributed by atoms with van der Waals surface area (Å²) < 4.78 is 24.4. The third-order valence-corrected chi connectivity index (χ3v) is 4.64. The van der Waals surface area contributed by atoms with Gasteiger partial charge in [0.2, 0.25) is 0 Å². The Balaban J connectivity index is 2.55. The van der Waals surface area contributed by atoms with Crippen LogP contribution in [0.1, 0.15) is 0 Å². The molecular weight excluding hydrogens is 282 g/mol. The highest BCUT2D eigenvalue weighted by atomic mass is 79.9. The lowest BCUT2D eigenvalue weighted by atomic mass is 10.2. The molecule has 15 heavy (non-hydrogen) atoms. The Bertz CT molecular complexity index is 486. The molecule has 0 saturated heterocycles. The highest BCUT2D eigenvalue weighted by Crippen LogP contribution is 2.30. The summed E-state index contributed by atoms with van der Waals surface area (Å²) >= 11 is 3.27. The molecule has 1 aliphatic heterocycles. The Hall–Kier alpha value is -0.590. The van der Waals surface area contributed by atoms with Crippen molar-refractivity contribution >= 4 is 31.5 Å². The van der Waals surface area contributed by atoms with Crippen molar-refractivity contribution in [2.24, 2.45) is 0 Å². The minimum Gasteiger partial charge on any atom is -0.394 e. The molecule has 1 aliphatic rings. The molecule has 2 rings (SSSR count). The topological polar surface area (TPSA) is 66.4 Å². The molecular formula is C9H10BrNO3S. The second-order valence-corrected chi connectivity index (χ2v) is 6.36. The molecule has 2 N–H and O–H groups in total. The number of hydrogen-bond acceptors (Lipinski definition) is 4. The molecule has 82 valence electrons. The standard InChI is InChI=1S/C9H10BrNO3S/c10-6-1-2-9-8(3-6)11-7(4-12)5-15(9,13)14/h1-3,7,11-12H,4-5H2. The lowest BCUT2D eigenvalue weighted by molar-refractivity contribution is 0.281. The Morgan fingerprint density at radius 2 is 2.27 bits per heavy atom. The SMILES string of the molecule is O=S1(=O)CC(CO)Nc2cc(Br)ccc21. The van der Waals surface area contributed by atoms with Gasteiger partial charge in [0.25, 0.3) is 0 Å². The summed E-state index contributed by atoms with van der Waals surface area (Å²) in [7, 11) is -3.26. The van der Waals surface area contributed by atoms with E-state index in [2.05, 4.69) is 21.2 Å². The van der Waals surface area contributed by atoms with Crippen LogP contribution in [0.25, 0.3) is 0 Å². The van der Waals surface area contributed by atoms with E-state index in [1.807, 2.05) is 0 Å². The van der Waals surface area contributed by atoms with E-state index in [-0.39, 0.29) is 12.4 Å². The zero-order chi connectivity index (χ0) is 11.1. The second-order valence-electron chi connectivity index (χ2n) is 3.45. The molecule has 0 spiro atoms. The second kappa shape index (κ2) is 3.77. The molecule has 1 heterocycles. The van der Waals surface area contributed by atoms with E-state index in [1.165, 1.54) is 0 Å². The van der Waals surface area contributed by atoms with Gasteiger partial charge in [0.1, 0.15) is 0 Å². The van der Waals surface area contributed by atoms with Crippen molar-refractivity contribution in [3.05, 3.63) is 22.7 Å². The molecule has 0 aromatic heterocycles. The summed E-state index contributed by atoms with van der Waals surface area (Å²) in [5.74, 6) is -0.0574. The molecule has 0 radical (unpaired) electrons. The Morgan fingerprint density at radius 1 is 1.53 bits per heavy atom. The maximum absolute atomic E-state index is 11.8. The molecule has 0 fully saturated rings. The third kappa shape index (κ3) is 2.02. The summed E-state index contributed by atoms with van der Waals surface area (Å²) in [6.07, 6.45) is 0. The number of halogens is 1. The molecule has 0 saturated carbocycles. The quantitative estimate of drug-likeness (QED) is 0.810. The van der Waals surface area contributed by atoms with Crippen LogP contribution in [0.2, 0.25) is 0 Å². The van der Waals surface area contributed by atoms with E-state index in [4.69, 9.17) is 5.11 Å². The monoisotopic (exact) mass is 291 g/mol. The summed E-state index contributed by atoms with van der Waals surface area (Å²) in [6, 6.07) is 4.54. The van der Waals surface area contributed by atoms with E-state index >= 15 is 0 Å². The smallest absolute Gasteiger partial charge is 0.182 e. The Labute approximate surface area is 96.4 Å². The first-order valence-electron chi connectivity index (χ1n) is 4.42. The van der Waals surface area contributed by atoms with Gasteiger partial charge in [-0.3, -0.25) is 0 Å². The Kier molecular flexibility index (Phi) is 2.74. The number of benzene rings is 1. The molecule has 1 aromatic carbocycles. The van der Waals surface area contributed by atoms with E-state index in [0.29, 0.717) is 10.6 Å². The van der Waals surface area contributed by atoms with Gasteiger partial charge in [-0.1, -0.05) is 15.9 Å². The number of sulfone groups is 1. The fourth-order valence-corrected chi connectivity index (χ4v) is 3.59. The van der Waals surface area contributed by atoms with Gasteiger partial charge in [-0.15, -0.1) is 0 Å². The maximum atomic E-state index is 11.8. The van der Waals surface area contributed by atoms with E-state index in [0.717, 1.165) is 4.47 Å². The molecule has 0 amide bonds. The lowest BCUT2D eigenvalue weighted by Crippen LogP contribution is -2.36. The largest absolute Gasteiger partial charge is 0.394 e. The fourth-order valence-electron chi connectivity index (χ4n) is 1.60. The normalized spacial score (nSPS) is 22.9. The van der Waals surface area contributed by atoms with Crippen molar-refractivity contribution in [2.75, 3.05) is 17.7 Å². The van der Waals surface area contributed by atoms with Crippen molar-refractivity contribution in [1.29, 1.82) is 0 Å². The number of aliphatic hydroxyl groups is 1. The van der Waals surface area contributed by atoms with Gasteiger partial charge in [-0.05, 0) is 18.2 Å². The van der Waals surface area contributed by atoms with Gasteiger partial charge >= 0.3 is 0 Å². The lowest BCUT2D eigenvalue weighted by Gasteiger charge is -2.25. The van der Waals surface area contributed by atoms with Crippen LogP contribution in [0.3, 0.4) is 0 Å². The van der Waals surface area contributed by atoms with E-state index < -0.39 is 15.9 Å². The van der Waals surface area contributed by atoms with Crippen LogP contribution in [0.15, 0.2) is 27.6 Å².